The molecule has 0 saturated carbocycles. The van der Waals surface area contributed by atoms with E-state index in [1.165, 1.54) is 4.57 Å². The van der Waals surface area contributed by atoms with Gasteiger partial charge in [0.25, 0.3) is 5.56 Å². The first-order valence-electron chi connectivity index (χ1n) is 11.1. The van der Waals surface area contributed by atoms with Gasteiger partial charge >= 0.3 is 5.69 Å². The standard InChI is InChI=1S/C22H29N5O5/c1-2-8-26-20(23)19(25-9-4-3-5-10-25)21(29)27(22(26)30)14-18(28)24-15-6-7-16-17(13-15)32-12-11-31-16/h6-7,13H,2-5,8-12,14,23H2,1H3,(H,24,28). The van der Waals surface area contributed by atoms with Gasteiger partial charge in [-0.15, -0.1) is 0 Å². The second-order valence-corrected chi connectivity index (χ2v) is 8.01. The molecule has 0 bridgehead atoms. The van der Waals surface area contributed by atoms with Crippen molar-refractivity contribution in [2.75, 3.05) is 42.3 Å². The molecule has 2 aliphatic heterocycles. The first-order chi connectivity index (χ1) is 15.5. The summed E-state index contributed by atoms with van der Waals surface area (Å²) in [4.78, 5) is 41.0. The highest BCUT2D eigenvalue weighted by Gasteiger charge is 2.24. The van der Waals surface area contributed by atoms with Crippen molar-refractivity contribution in [2.45, 2.75) is 45.7 Å². The second kappa shape index (κ2) is 9.37. The van der Waals surface area contributed by atoms with Gasteiger partial charge in [-0.3, -0.25) is 14.2 Å². The van der Waals surface area contributed by atoms with E-state index in [1.54, 1.807) is 18.2 Å². The molecule has 0 radical (unpaired) electrons. The van der Waals surface area contributed by atoms with Gasteiger partial charge in [0.15, 0.2) is 11.5 Å². The van der Waals surface area contributed by atoms with Gasteiger partial charge in [-0.05, 0) is 37.8 Å². The van der Waals surface area contributed by atoms with E-state index in [-0.39, 0.29) is 5.82 Å². The van der Waals surface area contributed by atoms with Crippen LogP contribution in [0.3, 0.4) is 0 Å². The summed E-state index contributed by atoms with van der Waals surface area (Å²) in [7, 11) is 0. The maximum atomic E-state index is 13.3. The summed E-state index contributed by atoms with van der Waals surface area (Å²) in [5, 5.41) is 2.73. The van der Waals surface area contributed by atoms with Crippen molar-refractivity contribution in [2.24, 2.45) is 0 Å². The van der Waals surface area contributed by atoms with Gasteiger partial charge in [-0.1, -0.05) is 6.92 Å². The van der Waals surface area contributed by atoms with E-state index in [2.05, 4.69) is 5.32 Å². The number of nitrogens with zero attached hydrogens (tertiary/aromatic N) is 3. The zero-order valence-electron chi connectivity index (χ0n) is 18.3. The molecule has 10 nitrogen and oxygen atoms in total. The SMILES string of the molecule is CCCn1c(N)c(N2CCCCC2)c(=O)n(CC(=O)Nc2ccc3c(c2)OCCO3)c1=O. The molecular formula is C22H29N5O5. The summed E-state index contributed by atoms with van der Waals surface area (Å²) >= 11 is 0. The Morgan fingerprint density at radius 3 is 2.50 bits per heavy atom. The van der Waals surface area contributed by atoms with Crippen molar-refractivity contribution in [3.8, 4) is 11.5 Å². The first kappa shape index (κ1) is 21.8. The number of benzene rings is 1. The molecule has 1 aromatic carbocycles. The van der Waals surface area contributed by atoms with E-state index in [4.69, 9.17) is 15.2 Å². The Hall–Kier alpha value is -3.43. The van der Waals surface area contributed by atoms with Crippen LogP contribution in [-0.4, -0.2) is 41.3 Å². The van der Waals surface area contributed by atoms with E-state index < -0.39 is 23.7 Å². The number of hydrogen-bond acceptors (Lipinski definition) is 7. The molecule has 1 aromatic heterocycles. The molecule has 1 fully saturated rings. The minimum Gasteiger partial charge on any atom is -0.486 e. The average molecular weight is 444 g/mol. The Kier molecular flexibility index (Phi) is 6.38. The van der Waals surface area contributed by atoms with Crippen LogP contribution >= 0.6 is 0 Å². The lowest BCUT2D eigenvalue weighted by Gasteiger charge is -2.30. The van der Waals surface area contributed by atoms with E-state index in [0.29, 0.717) is 62.1 Å². The number of hydrogen-bond donors (Lipinski definition) is 2. The van der Waals surface area contributed by atoms with E-state index in [1.807, 2.05) is 11.8 Å². The number of fused-ring (bicyclic) bond motifs is 1. The number of nitrogens with one attached hydrogen (secondary N) is 1. The maximum Gasteiger partial charge on any atom is 0.333 e. The molecule has 32 heavy (non-hydrogen) atoms. The molecule has 0 aliphatic carbocycles. The third-order valence-corrected chi connectivity index (χ3v) is 5.69. The summed E-state index contributed by atoms with van der Waals surface area (Å²) in [6.45, 7) is 4.20. The van der Waals surface area contributed by atoms with Crippen LogP contribution in [0.1, 0.15) is 32.6 Å². The Labute approximate surface area is 185 Å². The monoisotopic (exact) mass is 443 g/mol. The molecule has 10 heteroatoms. The minimum absolute atomic E-state index is 0.173. The fraction of sp³-hybridized carbons (Fsp3) is 0.500. The predicted molar refractivity (Wildman–Crippen MR) is 122 cm³/mol. The second-order valence-electron chi connectivity index (χ2n) is 8.01. The molecule has 2 aromatic rings. The zero-order valence-corrected chi connectivity index (χ0v) is 18.3. The predicted octanol–water partition coefficient (Wildman–Crippen LogP) is 1.40. The Balaban J connectivity index is 1.63. The van der Waals surface area contributed by atoms with Crippen LogP contribution in [0.4, 0.5) is 17.2 Å². The van der Waals surface area contributed by atoms with E-state index in [0.717, 1.165) is 23.8 Å². The highest BCUT2D eigenvalue weighted by molar-refractivity contribution is 5.91. The molecular weight excluding hydrogens is 414 g/mol. The number of carbonyl (C=O) groups excluding carboxylic acids is 1. The van der Waals surface area contributed by atoms with Crippen LogP contribution in [0.2, 0.25) is 0 Å². The first-order valence-corrected chi connectivity index (χ1v) is 11.1. The number of piperidine rings is 1. The number of amides is 1. The minimum atomic E-state index is -0.576. The molecule has 1 amide bonds. The lowest BCUT2D eigenvalue weighted by atomic mass is 10.1. The summed E-state index contributed by atoms with van der Waals surface area (Å²) in [6, 6.07) is 5.06. The number of anilines is 3. The Bertz CT molecular complexity index is 1120. The smallest absolute Gasteiger partial charge is 0.333 e. The quantitative estimate of drug-likeness (QED) is 0.692. The Morgan fingerprint density at radius 2 is 1.78 bits per heavy atom. The third-order valence-electron chi connectivity index (χ3n) is 5.69. The molecule has 172 valence electrons. The molecule has 1 saturated heterocycles. The van der Waals surface area contributed by atoms with Crippen molar-refractivity contribution in [1.29, 1.82) is 0 Å². The van der Waals surface area contributed by atoms with Gasteiger partial charge in [0.2, 0.25) is 5.91 Å². The molecule has 0 spiro atoms. The van der Waals surface area contributed by atoms with Crippen molar-refractivity contribution in [3.05, 3.63) is 39.0 Å². The van der Waals surface area contributed by atoms with Crippen LogP contribution in [-0.2, 0) is 17.9 Å². The summed E-state index contributed by atoms with van der Waals surface area (Å²) in [5.74, 6) is 0.833. The van der Waals surface area contributed by atoms with Gasteiger partial charge < -0.3 is 25.4 Å². The normalized spacial score (nSPS) is 15.5. The number of carbonyl (C=O) groups is 1. The molecule has 3 N–H and O–H groups in total. The van der Waals surface area contributed by atoms with Crippen LogP contribution in [0.15, 0.2) is 27.8 Å². The van der Waals surface area contributed by atoms with Crippen molar-refractivity contribution in [3.63, 3.8) is 0 Å². The lowest BCUT2D eigenvalue weighted by molar-refractivity contribution is -0.116. The summed E-state index contributed by atoms with van der Waals surface area (Å²) < 4.78 is 13.4. The lowest BCUT2D eigenvalue weighted by Crippen LogP contribution is -2.47. The van der Waals surface area contributed by atoms with Crippen LogP contribution in [0.5, 0.6) is 11.5 Å². The average Bonchev–Trinajstić information content (AvgIpc) is 2.80. The van der Waals surface area contributed by atoms with Gasteiger partial charge in [-0.2, -0.15) is 0 Å². The van der Waals surface area contributed by atoms with Crippen molar-refractivity contribution >= 4 is 23.1 Å². The van der Waals surface area contributed by atoms with Crippen molar-refractivity contribution < 1.29 is 14.3 Å². The largest absolute Gasteiger partial charge is 0.486 e. The van der Waals surface area contributed by atoms with E-state index in [9.17, 15) is 14.4 Å². The number of rotatable bonds is 6. The Morgan fingerprint density at radius 1 is 1.06 bits per heavy atom. The fourth-order valence-corrected chi connectivity index (χ4v) is 4.16. The molecule has 4 rings (SSSR count). The maximum absolute atomic E-state index is 13.3. The topological polar surface area (TPSA) is 121 Å². The fourth-order valence-electron chi connectivity index (χ4n) is 4.16. The zero-order chi connectivity index (χ0) is 22.7. The van der Waals surface area contributed by atoms with E-state index >= 15 is 0 Å². The third kappa shape index (κ3) is 4.30. The number of nitrogens with two attached hydrogens (primary N) is 1. The van der Waals surface area contributed by atoms with Gasteiger partial charge in [-0.25, -0.2) is 9.36 Å². The van der Waals surface area contributed by atoms with Gasteiger partial charge in [0.1, 0.15) is 31.3 Å². The summed E-state index contributed by atoms with van der Waals surface area (Å²) in [6.07, 6.45) is 3.68. The number of ether oxygens (including phenoxy) is 2. The number of aromatic nitrogens is 2. The summed E-state index contributed by atoms with van der Waals surface area (Å²) in [5.41, 5.74) is 5.97. The number of nitrogen functional groups attached to an aromatic ring is 1. The van der Waals surface area contributed by atoms with Crippen LogP contribution in [0, 0.1) is 0 Å². The molecule has 0 atom stereocenters. The van der Waals surface area contributed by atoms with Crippen molar-refractivity contribution in [1.82, 2.24) is 9.13 Å². The molecule has 2 aliphatic rings. The van der Waals surface area contributed by atoms with Crippen LogP contribution < -0.4 is 36.7 Å². The van der Waals surface area contributed by atoms with Crippen LogP contribution in [0.25, 0.3) is 0 Å². The molecule has 0 unspecified atom stereocenters. The highest BCUT2D eigenvalue weighted by Crippen LogP contribution is 2.32. The van der Waals surface area contributed by atoms with Gasteiger partial charge in [0, 0.05) is 31.4 Å². The molecule has 3 heterocycles. The highest BCUT2D eigenvalue weighted by atomic mass is 16.6. The van der Waals surface area contributed by atoms with Gasteiger partial charge in [0.05, 0.1) is 0 Å².